The first-order valence-electron chi connectivity index (χ1n) is 8.99. The quantitative estimate of drug-likeness (QED) is 0.770. The lowest BCUT2D eigenvalue weighted by Gasteiger charge is -2.33. The molecule has 136 valence electrons. The molecule has 0 radical (unpaired) electrons. The lowest BCUT2D eigenvalue weighted by molar-refractivity contribution is 0.0706. The van der Waals surface area contributed by atoms with Crippen molar-refractivity contribution in [2.24, 2.45) is 0 Å². The zero-order valence-electron chi connectivity index (χ0n) is 14.8. The number of rotatable bonds is 4. The molecule has 1 amide bonds. The molecule has 3 aromatic heterocycles. The molecular formula is C20H20N6O. The fourth-order valence-corrected chi connectivity index (χ4v) is 3.37. The van der Waals surface area contributed by atoms with E-state index in [-0.39, 0.29) is 11.8 Å². The van der Waals surface area contributed by atoms with Gasteiger partial charge in [-0.3, -0.25) is 4.79 Å². The number of amides is 1. The summed E-state index contributed by atoms with van der Waals surface area (Å²) < 4.78 is 0. The number of nitrogens with one attached hydrogen (secondary N) is 1. The minimum Gasteiger partial charge on any atom is -0.338 e. The second kappa shape index (κ2) is 7.90. The van der Waals surface area contributed by atoms with Gasteiger partial charge in [0.2, 0.25) is 0 Å². The van der Waals surface area contributed by atoms with Crippen LogP contribution in [0.1, 0.15) is 34.7 Å². The van der Waals surface area contributed by atoms with Crippen LogP contribution in [-0.2, 0) is 0 Å². The smallest absolute Gasteiger partial charge is 0.255 e. The van der Waals surface area contributed by atoms with E-state index in [1.807, 2.05) is 35.2 Å². The summed E-state index contributed by atoms with van der Waals surface area (Å²) in [6, 6.07) is 11.5. The molecule has 1 atom stereocenters. The normalized spacial score (nSPS) is 16.7. The fraction of sp³-hybridized carbons (Fsp3) is 0.250. The highest BCUT2D eigenvalue weighted by atomic mass is 16.2. The van der Waals surface area contributed by atoms with Crippen LogP contribution < -0.4 is 5.32 Å². The molecule has 4 heterocycles. The van der Waals surface area contributed by atoms with Gasteiger partial charge in [0.05, 0.1) is 18.0 Å². The van der Waals surface area contributed by atoms with Gasteiger partial charge in [-0.2, -0.15) is 10.2 Å². The van der Waals surface area contributed by atoms with Gasteiger partial charge < -0.3 is 10.2 Å². The third kappa shape index (κ3) is 4.08. The molecule has 1 aliphatic rings. The number of pyridine rings is 2. The molecular weight excluding hydrogens is 340 g/mol. The minimum atomic E-state index is 0.00971. The van der Waals surface area contributed by atoms with Gasteiger partial charge in [0, 0.05) is 31.4 Å². The number of carbonyl (C=O) groups excluding carboxylic acids is 1. The molecule has 0 aromatic carbocycles. The molecule has 27 heavy (non-hydrogen) atoms. The van der Waals surface area contributed by atoms with Crippen molar-refractivity contribution in [2.45, 2.75) is 18.8 Å². The Bertz CT molecular complexity index is 903. The summed E-state index contributed by atoms with van der Waals surface area (Å²) in [5.41, 5.74) is 1.76. The first-order valence-corrected chi connectivity index (χ1v) is 8.99. The van der Waals surface area contributed by atoms with Crippen molar-refractivity contribution in [3.63, 3.8) is 0 Å². The maximum atomic E-state index is 12.7. The van der Waals surface area contributed by atoms with Crippen LogP contribution in [0.25, 0.3) is 0 Å². The number of anilines is 2. The largest absolute Gasteiger partial charge is 0.338 e. The van der Waals surface area contributed by atoms with Crippen molar-refractivity contribution in [1.82, 2.24) is 25.1 Å². The van der Waals surface area contributed by atoms with E-state index in [2.05, 4.69) is 25.5 Å². The highest BCUT2D eigenvalue weighted by Gasteiger charge is 2.26. The Kier molecular flexibility index (Phi) is 5.00. The molecule has 1 saturated heterocycles. The fourth-order valence-electron chi connectivity index (χ4n) is 3.37. The number of carbonyl (C=O) groups is 1. The van der Waals surface area contributed by atoms with Crippen LogP contribution in [0.3, 0.4) is 0 Å². The van der Waals surface area contributed by atoms with Crippen molar-refractivity contribution < 1.29 is 4.79 Å². The van der Waals surface area contributed by atoms with Gasteiger partial charge in [0.1, 0.15) is 11.6 Å². The van der Waals surface area contributed by atoms with Crippen molar-refractivity contribution in [1.29, 1.82) is 0 Å². The Balaban J connectivity index is 1.48. The second-order valence-corrected chi connectivity index (χ2v) is 6.54. The van der Waals surface area contributed by atoms with Gasteiger partial charge in [-0.15, -0.1) is 0 Å². The SMILES string of the molecule is O=C(c1ccnnc1)N1CCC[C@H](c2ccnc(Nc3ccccn3)c2)C1. The van der Waals surface area contributed by atoms with E-state index >= 15 is 0 Å². The van der Waals surface area contributed by atoms with Crippen molar-refractivity contribution >= 4 is 17.5 Å². The Morgan fingerprint density at radius 2 is 1.96 bits per heavy atom. The second-order valence-electron chi connectivity index (χ2n) is 6.54. The minimum absolute atomic E-state index is 0.00971. The summed E-state index contributed by atoms with van der Waals surface area (Å²) in [7, 11) is 0. The van der Waals surface area contributed by atoms with Gasteiger partial charge in [-0.05, 0) is 48.7 Å². The van der Waals surface area contributed by atoms with Crippen LogP contribution in [0.2, 0.25) is 0 Å². The van der Waals surface area contributed by atoms with Crippen LogP contribution in [0.5, 0.6) is 0 Å². The molecule has 0 unspecified atom stereocenters. The number of likely N-dealkylation sites (tertiary alicyclic amines) is 1. The Morgan fingerprint density at radius 1 is 1.04 bits per heavy atom. The van der Waals surface area contributed by atoms with Crippen molar-refractivity contribution in [3.05, 3.63) is 72.3 Å². The average molecular weight is 360 g/mol. The molecule has 0 saturated carbocycles. The number of piperidine rings is 1. The maximum absolute atomic E-state index is 12.7. The highest BCUT2D eigenvalue weighted by Crippen LogP contribution is 2.29. The maximum Gasteiger partial charge on any atom is 0.255 e. The van der Waals surface area contributed by atoms with E-state index in [0.717, 1.165) is 31.0 Å². The first kappa shape index (κ1) is 17.1. The van der Waals surface area contributed by atoms with E-state index in [4.69, 9.17) is 0 Å². The Hall–Kier alpha value is -3.35. The van der Waals surface area contributed by atoms with Gasteiger partial charge in [-0.25, -0.2) is 9.97 Å². The number of hydrogen-bond donors (Lipinski definition) is 1. The average Bonchev–Trinajstić information content (AvgIpc) is 2.75. The molecule has 7 nitrogen and oxygen atoms in total. The monoisotopic (exact) mass is 360 g/mol. The standard InChI is InChI=1S/C20H20N6O/c27-20(16-7-10-23-24-13-16)26-11-3-4-17(14-26)15-6-9-22-19(12-15)25-18-5-1-2-8-21-18/h1-2,5-10,12-13,17H,3-4,11,14H2,(H,21,22,25)/t17-/m0/s1. The molecule has 3 aromatic rings. The van der Waals surface area contributed by atoms with Gasteiger partial charge >= 0.3 is 0 Å². The van der Waals surface area contributed by atoms with Crippen molar-refractivity contribution in [2.75, 3.05) is 18.4 Å². The Labute approximate surface area is 157 Å². The molecule has 1 N–H and O–H groups in total. The van der Waals surface area contributed by atoms with Crippen LogP contribution in [0.4, 0.5) is 11.6 Å². The van der Waals surface area contributed by atoms with E-state index in [1.165, 1.54) is 11.8 Å². The van der Waals surface area contributed by atoms with E-state index in [9.17, 15) is 4.79 Å². The van der Waals surface area contributed by atoms with Crippen LogP contribution in [0.15, 0.2) is 61.2 Å². The third-order valence-electron chi connectivity index (χ3n) is 4.72. The molecule has 0 spiro atoms. The van der Waals surface area contributed by atoms with Crippen LogP contribution >= 0.6 is 0 Å². The molecule has 0 bridgehead atoms. The molecule has 1 aliphatic heterocycles. The molecule has 1 fully saturated rings. The number of hydrogen-bond acceptors (Lipinski definition) is 6. The lowest BCUT2D eigenvalue weighted by atomic mass is 9.91. The van der Waals surface area contributed by atoms with Crippen molar-refractivity contribution in [3.8, 4) is 0 Å². The van der Waals surface area contributed by atoms with Gasteiger partial charge in [0.15, 0.2) is 0 Å². The predicted molar refractivity (Wildman–Crippen MR) is 102 cm³/mol. The third-order valence-corrected chi connectivity index (χ3v) is 4.72. The summed E-state index contributed by atoms with van der Waals surface area (Å²) in [5.74, 6) is 1.81. The lowest BCUT2D eigenvalue weighted by Crippen LogP contribution is -2.39. The summed E-state index contributed by atoms with van der Waals surface area (Å²) in [5, 5.41) is 10.8. The van der Waals surface area contributed by atoms with Gasteiger partial charge in [-0.1, -0.05) is 6.07 Å². The van der Waals surface area contributed by atoms with E-state index in [0.29, 0.717) is 12.1 Å². The van der Waals surface area contributed by atoms with E-state index in [1.54, 1.807) is 24.7 Å². The summed E-state index contributed by atoms with van der Waals surface area (Å²) in [6.07, 6.45) is 8.63. The van der Waals surface area contributed by atoms with Crippen LogP contribution in [0, 0.1) is 0 Å². The van der Waals surface area contributed by atoms with E-state index < -0.39 is 0 Å². The Morgan fingerprint density at radius 3 is 2.78 bits per heavy atom. The zero-order valence-corrected chi connectivity index (χ0v) is 14.8. The highest BCUT2D eigenvalue weighted by molar-refractivity contribution is 5.93. The number of nitrogens with zero attached hydrogens (tertiary/aromatic N) is 5. The van der Waals surface area contributed by atoms with Crippen LogP contribution in [-0.4, -0.2) is 44.1 Å². The zero-order chi connectivity index (χ0) is 18.5. The molecule has 7 heteroatoms. The summed E-state index contributed by atoms with van der Waals surface area (Å²) >= 11 is 0. The number of aromatic nitrogens is 4. The van der Waals surface area contributed by atoms with Gasteiger partial charge in [0.25, 0.3) is 5.91 Å². The molecule has 0 aliphatic carbocycles. The summed E-state index contributed by atoms with van der Waals surface area (Å²) in [4.78, 5) is 23.3. The summed E-state index contributed by atoms with van der Waals surface area (Å²) in [6.45, 7) is 1.45. The molecule has 4 rings (SSSR count). The first-order chi connectivity index (χ1) is 13.3. The predicted octanol–water partition coefficient (Wildman–Crippen LogP) is 3.03. The topological polar surface area (TPSA) is 83.9 Å².